The quantitative estimate of drug-likeness (QED) is 0.724. The molecule has 1 rings (SSSR count). The maximum Gasteiger partial charge on any atom is 0.267 e. The Balaban J connectivity index is 2.52. The van der Waals surface area contributed by atoms with Gasteiger partial charge in [-0.05, 0) is 18.1 Å². The van der Waals surface area contributed by atoms with Crippen molar-refractivity contribution in [1.82, 2.24) is 9.88 Å². The van der Waals surface area contributed by atoms with Gasteiger partial charge in [-0.2, -0.15) is 0 Å². The summed E-state index contributed by atoms with van der Waals surface area (Å²) in [6.45, 7) is 5.59. The fraction of sp³-hybridized carbons (Fsp3) is 0.667. The first kappa shape index (κ1) is 16.7. The van der Waals surface area contributed by atoms with Crippen molar-refractivity contribution in [3.05, 3.63) is 24.0 Å². The smallest absolute Gasteiger partial charge is 0.267 e. The predicted octanol–water partition coefficient (Wildman–Crippen LogP) is 1.66. The number of carbonyl (C=O) groups is 1. The predicted molar refractivity (Wildman–Crippen MR) is 78.7 cm³/mol. The zero-order chi connectivity index (χ0) is 15.0. The van der Waals surface area contributed by atoms with Gasteiger partial charge in [0.1, 0.15) is 5.69 Å². The number of aliphatic hydroxyl groups is 1. The van der Waals surface area contributed by atoms with Crippen molar-refractivity contribution in [2.24, 2.45) is 5.92 Å². The monoisotopic (exact) mass is 282 g/mol. The van der Waals surface area contributed by atoms with Crippen molar-refractivity contribution in [3.63, 3.8) is 0 Å². The molecule has 114 valence electrons. The van der Waals surface area contributed by atoms with Gasteiger partial charge in [-0.1, -0.05) is 26.7 Å². The van der Waals surface area contributed by atoms with E-state index in [0.29, 0.717) is 25.4 Å². The first-order valence-corrected chi connectivity index (χ1v) is 7.24. The molecular weight excluding hydrogens is 256 g/mol. The van der Waals surface area contributed by atoms with Crippen LogP contribution in [0.15, 0.2) is 18.3 Å². The van der Waals surface area contributed by atoms with Crippen molar-refractivity contribution in [2.75, 3.05) is 20.3 Å². The molecule has 0 fully saturated rings. The van der Waals surface area contributed by atoms with E-state index in [1.165, 1.54) is 0 Å². The minimum absolute atomic E-state index is 0.156. The number of hydrogen-bond donors (Lipinski definition) is 2. The molecule has 1 aromatic heterocycles. The van der Waals surface area contributed by atoms with Gasteiger partial charge < -0.3 is 19.7 Å². The lowest BCUT2D eigenvalue weighted by atomic mass is 9.96. The summed E-state index contributed by atoms with van der Waals surface area (Å²) in [7, 11) is 1.63. The van der Waals surface area contributed by atoms with Crippen LogP contribution < -0.4 is 5.32 Å². The lowest BCUT2D eigenvalue weighted by molar-refractivity contribution is 0.0808. The second-order valence-electron chi connectivity index (χ2n) is 4.93. The van der Waals surface area contributed by atoms with Crippen LogP contribution in [0.2, 0.25) is 0 Å². The lowest BCUT2D eigenvalue weighted by Crippen LogP contribution is -2.36. The van der Waals surface area contributed by atoms with Crippen molar-refractivity contribution in [1.29, 1.82) is 0 Å². The topological polar surface area (TPSA) is 63.5 Å². The molecule has 20 heavy (non-hydrogen) atoms. The molecule has 0 saturated carbocycles. The van der Waals surface area contributed by atoms with Crippen molar-refractivity contribution in [3.8, 4) is 0 Å². The SMILES string of the molecule is CCC(CC)C(O)CNC(=O)c1cccn1CCOC. The van der Waals surface area contributed by atoms with Gasteiger partial charge in [-0.3, -0.25) is 4.79 Å². The van der Waals surface area contributed by atoms with Crippen LogP contribution in [0.5, 0.6) is 0 Å². The molecule has 0 spiro atoms. The average Bonchev–Trinajstić information content (AvgIpc) is 2.92. The standard InChI is InChI=1S/C15H26N2O3/c1-4-12(5-2)14(18)11-16-15(19)13-7-6-8-17(13)9-10-20-3/h6-8,12,14,18H,4-5,9-11H2,1-3H3,(H,16,19). The van der Waals surface area contributed by atoms with Gasteiger partial charge in [-0.25, -0.2) is 0 Å². The highest BCUT2D eigenvalue weighted by Crippen LogP contribution is 2.12. The van der Waals surface area contributed by atoms with Crippen molar-refractivity contribution < 1.29 is 14.6 Å². The van der Waals surface area contributed by atoms with E-state index in [9.17, 15) is 9.90 Å². The molecule has 0 saturated heterocycles. The third kappa shape index (κ3) is 4.65. The molecule has 0 aliphatic carbocycles. The summed E-state index contributed by atoms with van der Waals surface area (Å²) in [6, 6.07) is 3.61. The highest BCUT2D eigenvalue weighted by atomic mass is 16.5. The largest absolute Gasteiger partial charge is 0.391 e. The Morgan fingerprint density at radius 3 is 2.75 bits per heavy atom. The van der Waals surface area contributed by atoms with E-state index < -0.39 is 6.10 Å². The maximum absolute atomic E-state index is 12.1. The van der Waals surface area contributed by atoms with Gasteiger partial charge in [0.05, 0.1) is 12.7 Å². The molecule has 5 heteroatoms. The second kappa shape index (κ2) is 8.76. The molecule has 0 aliphatic heterocycles. The van der Waals surface area contributed by atoms with Crippen LogP contribution in [-0.4, -0.2) is 41.9 Å². The number of aromatic nitrogens is 1. The molecule has 0 radical (unpaired) electrons. The molecule has 1 unspecified atom stereocenters. The van der Waals surface area contributed by atoms with Crippen LogP contribution in [0.1, 0.15) is 37.2 Å². The number of ether oxygens (including phenoxy) is 1. The number of nitrogens with zero attached hydrogens (tertiary/aromatic N) is 1. The average molecular weight is 282 g/mol. The van der Waals surface area contributed by atoms with Gasteiger partial charge in [0.15, 0.2) is 0 Å². The van der Waals surface area contributed by atoms with Crippen molar-refractivity contribution in [2.45, 2.75) is 39.3 Å². The molecule has 1 heterocycles. The van der Waals surface area contributed by atoms with Gasteiger partial charge >= 0.3 is 0 Å². The van der Waals surface area contributed by atoms with E-state index >= 15 is 0 Å². The van der Waals surface area contributed by atoms with E-state index in [-0.39, 0.29) is 11.8 Å². The van der Waals surface area contributed by atoms with Gasteiger partial charge in [-0.15, -0.1) is 0 Å². The minimum atomic E-state index is -0.490. The summed E-state index contributed by atoms with van der Waals surface area (Å²) < 4.78 is 6.87. The molecule has 1 amide bonds. The van der Waals surface area contributed by atoms with Crippen molar-refractivity contribution >= 4 is 5.91 Å². The van der Waals surface area contributed by atoms with Crippen LogP contribution >= 0.6 is 0 Å². The van der Waals surface area contributed by atoms with Crippen LogP contribution in [0.25, 0.3) is 0 Å². The third-order valence-corrected chi connectivity index (χ3v) is 3.66. The molecule has 0 aliphatic rings. The fourth-order valence-electron chi connectivity index (χ4n) is 2.29. The Hall–Kier alpha value is -1.33. The fourth-order valence-corrected chi connectivity index (χ4v) is 2.29. The molecule has 0 bridgehead atoms. The molecule has 5 nitrogen and oxygen atoms in total. The van der Waals surface area contributed by atoms with E-state index in [1.54, 1.807) is 13.2 Å². The number of aliphatic hydroxyl groups excluding tert-OH is 1. The van der Waals surface area contributed by atoms with Crippen LogP contribution in [0, 0.1) is 5.92 Å². The van der Waals surface area contributed by atoms with E-state index in [4.69, 9.17) is 4.74 Å². The third-order valence-electron chi connectivity index (χ3n) is 3.66. The molecule has 0 aromatic carbocycles. The Morgan fingerprint density at radius 1 is 1.45 bits per heavy atom. The number of hydrogen-bond acceptors (Lipinski definition) is 3. The number of rotatable bonds is 9. The first-order valence-electron chi connectivity index (χ1n) is 7.24. The Morgan fingerprint density at radius 2 is 2.15 bits per heavy atom. The van der Waals surface area contributed by atoms with Gasteiger partial charge in [0.2, 0.25) is 0 Å². The molecular formula is C15H26N2O3. The van der Waals surface area contributed by atoms with Crippen LogP contribution in [-0.2, 0) is 11.3 Å². The van der Waals surface area contributed by atoms with E-state index in [2.05, 4.69) is 19.2 Å². The van der Waals surface area contributed by atoms with E-state index in [0.717, 1.165) is 12.8 Å². The summed E-state index contributed by atoms with van der Waals surface area (Å²) in [5, 5.41) is 12.8. The lowest BCUT2D eigenvalue weighted by Gasteiger charge is -2.20. The number of methoxy groups -OCH3 is 1. The summed E-state index contributed by atoms with van der Waals surface area (Å²) in [5.74, 6) is 0.0756. The van der Waals surface area contributed by atoms with E-state index in [1.807, 2.05) is 16.8 Å². The summed E-state index contributed by atoms with van der Waals surface area (Å²) in [4.78, 5) is 12.1. The summed E-state index contributed by atoms with van der Waals surface area (Å²) in [6.07, 6.45) is 3.19. The van der Waals surface area contributed by atoms with Crippen LogP contribution in [0.4, 0.5) is 0 Å². The zero-order valence-corrected chi connectivity index (χ0v) is 12.6. The zero-order valence-electron chi connectivity index (χ0n) is 12.6. The van der Waals surface area contributed by atoms with Crippen LogP contribution in [0.3, 0.4) is 0 Å². The number of amides is 1. The maximum atomic E-state index is 12.1. The van der Waals surface area contributed by atoms with Gasteiger partial charge in [0, 0.05) is 26.4 Å². The minimum Gasteiger partial charge on any atom is -0.391 e. The highest BCUT2D eigenvalue weighted by molar-refractivity contribution is 5.92. The summed E-state index contributed by atoms with van der Waals surface area (Å²) in [5.41, 5.74) is 0.596. The number of carbonyl (C=O) groups excluding carboxylic acids is 1. The first-order chi connectivity index (χ1) is 9.63. The Labute approximate surface area is 120 Å². The highest BCUT2D eigenvalue weighted by Gasteiger charge is 2.17. The van der Waals surface area contributed by atoms with Gasteiger partial charge in [0.25, 0.3) is 5.91 Å². The normalized spacial score (nSPS) is 12.7. The molecule has 2 N–H and O–H groups in total. The molecule has 1 atom stereocenters. The Kier molecular flexibility index (Phi) is 7.33. The number of nitrogens with one attached hydrogen (secondary N) is 1. The second-order valence-corrected chi connectivity index (χ2v) is 4.93. The molecule has 1 aromatic rings. The summed E-state index contributed by atoms with van der Waals surface area (Å²) >= 11 is 0. The Bertz CT molecular complexity index is 400.